The van der Waals surface area contributed by atoms with Gasteiger partial charge in [-0.05, 0) is 128 Å². The molecule has 0 fully saturated rings. The first-order chi connectivity index (χ1) is 43.2. The third-order valence-corrected chi connectivity index (χ3v) is 15.9. The first kappa shape index (κ1) is 85.2. The Balaban J connectivity index is 4.72. The Labute approximate surface area is 539 Å². The molecule has 18 heteroatoms. The molecule has 89 heavy (non-hydrogen) atoms. The van der Waals surface area contributed by atoms with Crippen molar-refractivity contribution in [3.63, 3.8) is 0 Å². The predicted octanol–water partition coefficient (Wildman–Crippen LogP) is 18.9. The Kier molecular flexibility index (Phi) is 61.6. The average molecular weight is 1290 g/mol. The van der Waals surface area contributed by atoms with Gasteiger partial charge in [-0.25, -0.2) is 9.13 Å². The molecule has 0 aliphatic rings. The standard InChI is InChI=1S/C71H122O16P2/c1-4-7-10-13-16-19-22-25-28-30-32-34-37-39-42-45-48-51-54-57-69(74)81-60-66(72)61-83-88(77,78)84-62-67(73)63-85-89(79,80)86-65-68(87-71(76)59-56-53-50-47-44-41-36-27-24-21-18-15-12-9-6-3)64-82-70(75)58-55-52-49-46-43-40-38-35-33-31-29-26-23-20-17-14-11-8-5-2/h7,10,16-21,25-29,32-36,66-68,72-73H,4-6,8-9,11-15,22-24,30-31,37-65H2,1-3H3,(H,77,78)(H,79,80)/b10-7-,19-16-,20-17-,21-18-,28-25-,29-26-,34-32-,35-33-,36-27-. The third kappa shape index (κ3) is 65.5. The summed E-state index contributed by atoms with van der Waals surface area (Å²) in [5.41, 5.74) is 0. The number of carbonyl (C=O) groups excluding carboxylic acids is 3. The molecule has 0 saturated carbocycles. The molecule has 5 atom stereocenters. The molecule has 0 spiro atoms. The Morgan fingerprint density at radius 1 is 0.326 bits per heavy atom. The number of phosphoric acid groups is 2. The molecule has 0 rings (SSSR count). The van der Waals surface area contributed by atoms with Crippen LogP contribution >= 0.6 is 15.6 Å². The van der Waals surface area contributed by atoms with Crippen LogP contribution in [0.1, 0.15) is 265 Å². The fourth-order valence-electron chi connectivity index (χ4n) is 8.71. The van der Waals surface area contributed by atoms with Crippen molar-refractivity contribution in [1.82, 2.24) is 0 Å². The van der Waals surface area contributed by atoms with Gasteiger partial charge in [-0.3, -0.25) is 32.5 Å². The monoisotopic (exact) mass is 1290 g/mol. The van der Waals surface area contributed by atoms with Gasteiger partial charge in [0.15, 0.2) is 6.10 Å². The van der Waals surface area contributed by atoms with E-state index in [2.05, 4.69) is 130 Å². The van der Waals surface area contributed by atoms with Crippen LogP contribution < -0.4 is 0 Å². The minimum absolute atomic E-state index is 0.0834. The number of carbonyl (C=O) groups is 3. The van der Waals surface area contributed by atoms with Gasteiger partial charge in [0.1, 0.15) is 25.4 Å². The lowest BCUT2D eigenvalue weighted by atomic mass is 10.1. The lowest BCUT2D eigenvalue weighted by Gasteiger charge is -2.21. The van der Waals surface area contributed by atoms with Crippen LogP contribution in [0.2, 0.25) is 0 Å². The number of aliphatic hydroxyl groups excluding tert-OH is 2. The van der Waals surface area contributed by atoms with Crippen LogP contribution in [-0.4, -0.2) is 95.9 Å². The highest BCUT2D eigenvalue weighted by atomic mass is 31.2. The second kappa shape index (κ2) is 64.3. The van der Waals surface area contributed by atoms with Gasteiger partial charge < -0.3 is 34.2 Å². The molecule has 0 aromatic rings. The molecule has 0 aliphatic heterocycles. The van der Waals surface area contributed by atoms with E-state index in [0.29, 0.717) is 19.3 Å². The Bertz CT molecular complexity index is 2060. The molecule has 0 aliphatic carbocycles. The zero-order chi connectivity index (χ0) is 65.3. The number of allylic oxidation sites excluding steroid dienone is 18. The summed E-state index contributed by atoms with van der Waals surface area (Å²) in [4.78, 5) is 58.4. The summed E-state index contributed by atoms with van der Waals surface area (Å²) in [6.07, 6.45) is 71.3. The van der Waals surface area contributed by atoms with Crippen molar-refractivity contribution in [2.24, 2.45) is 0 Å². The average Bonchev–Trinajstić information content (AvgIpc) is 3.54. The number of hydrogen-bond donors (Lipinski definition) is 4. The number of unbranched alkanes of at least 4 members (excludes halogenated alkanes) is 23. The minimum Gasteiger partial charge on any atom is -0.463 e. The van der Waals surface area contributed by atoms with E-state index in [1.807, 2.05) is 0 Å². The zero-order valence-corrected chi connectivity index (χ0v) is 57.1. The molecule has 5 unspecified atom stereocenters. The summed E-state index contributed by atoms with van der Waals surface area (Å²) in [6.45, 7) is 2.45. The van der Waals surface area contributed by atoms with E-state index >= 15 is 0 Å². The van der Waals surface area contributed by atoms with Crippen LogP contribution in [0.15, 0.2) is 109 Å². The maximum absolute atomic E-state index is 12.9. The topological polar surface area (TPSA) is 231 Å². The van der Waals surface area contributed by atoms with E-state index in [-0.39, 0.29) is 19.3 Å². The summed E-state index contributed by atoms with van der Waals surface area (Å²) in [5, 5.41) is 20.5. The predicted molar refractivity (Wildman–Crippen MR) is 362 cm³/mol. The highest BCUT2D eigenvalue weighted by Gasteiger charge is 2.29. The van der Waals surface area contributed by atoms with Gasteiger partial charge in [0, 0.05) is 19.3 Å². The van der Waals surface area contributed by atoms with Crippen molar-refractivity contribution in [2.45, 2.75) is 283 Å². The maximum atomic E-state index is 12.9. The molecule has 0 aromatic heterocycles. The second-order valence-electron chi connectivity index (χ2n) is 22.6. The van der Waals surface area contributed by atoms with Crippen LogP contribution in [0.5, 0.6) is 0 Å². The second-order valence-corrected chi connectivity index (χ2v) is 25.5. The highest BCUT2D eigenvalue weighted by Crippen LogP contribution is 2.45. The first-order valence-corrected chi connectivity index (χ1v) is 37.2. The van der Waals surface area contributed by atoms with Crippen LogP contribution in [0.4, 0.5) is 0 Å². The van der Waals surface area contributed by atoms with Gasteiger partial charge >= 0.3 is 33.6 Å². The number of rotatable bonds is 64. The van der Waals surface area contributed by atoms with Gasteiger partial charge in [0.05, 0.1) is 26.4 Å². The van der Waals surface area contributed by atoms with Gasteiger partial charge in [0.25, 0.3) is 0 Å². The number of esters is 3. The van der Waals surface area contributed by atoms with Crippen LogP contribution in [-0.2, 0) is 55.8 Å². The molecule has 0 amide bonds. The summed E-state index contributed by atoms with van der Waals surface area (Å²) in [6, 6.07) is 0. The Morgan fingerprint density at radius 2 is 0.596 bits per heavy atom. The number of hydrogen-bond acceptors (Lipinski definition) is 14. The molecule has 16 nitrogen and oxygen atoms in total. The SMILES string of the molecule is CC/C=C\C/C=C\C/C=C\C/C=C\CCCCCCCCC(=O)OCC(O)COP(=O)(O)OCC(O)COP(=O)(O)OCC(COC(=O)CCCCCCCC/C=C\C/C=C\C/C=C\CCCCC)OC(=O)CCCCCCC/C=C\C/C=C\CCCCC. The van der Waals surface area contributed by atoms with Gasteiger partial charge in [-0.2, -0.15) is 0 Å². The quantitative estimate of drug-likeness (QED) is 0.0146. The summed E-state index contributed by atoms with van der Waals surface area (Å²) in [7, 11) is -9.79. The normalized spacial score (nSPS) is 14.9. The molecule has 4 N–H and O–H groups in total. The highest BCUT2D eigenvalue weighted by molar-refractivity contribution is 7.47. The molecular formula is C71H122O16P2. The van der Waals surface area contributed by atoms with Crippen LogP contribution in [0.3, 0.4) is 0 Å². The minimum atomic E-state index is -4.93. The number of aliphatic hydroxyl groups is 2. The smallest absolute Gasteiger partial charge is 0.463 e. The third-order valence-electron chi connectivity index (χ3n) is 14.0. The van der Waals surface area contributed by atoms with Crippen molar-refractivity contribution in [3.05, 3.63) is 109 Å². The first-order valence-electron chi connectivity index (χ1n) is 34.2. The summed E-state index contributed by atoms with van der Waals surface area (Å²) >= 11 is 0. The van der Waals surface area contributed by atoms with E-state index in [1.54, 1.807) is 0 Å². The fourth-order valence-corrected chi connectivity index (χ4v) is 10.3. The van der Waals surface area contributed by atoms with Crippen molar-refractivity contribution in [3.8, 4) is 0 Å². The molecule has 512 valence electrons. The summed E-state index contributed by atoms with van der Waals surface area (Å²) < 4.78 is 60.9. The molecule has 0 saturated heterocycles. The largest absolute Gasteiger partial charge is 0.472 e. The fraction of sp³-hybridized carbons (Fsp3) is 0.704. The number of phosphoric ester groups is 2. The van der Waals surface area contributed by atoms with E-state index in [0.717, 1.165) is 167 Å². The van der Waals surface area contributed by atoms with Crippen molar-refractivity contribution < 1.29 is 75.8 Å². The van der Waals surface area contributed by atoms with Crippen LogP contribution in [0.25, 0.3) is 0 Å². The molecule has 0 aromatic carbocycles. The van der Waals surface area contributed by atoms with Gasteiger partial charge in [-0.1, -0.05) is 226 Å². The van der Waals surface area contributed by atoms with E-state index in [4.69, 9.17) is 32.3 Å². The molecular weight excluding hydrogens is 1170 g/mol. The molecule has 0 radical (unpaired) electrons. The molecule has 0 bridgehead atoms. The maximum Gasteiger partial charge on any atom is 0.472 e. The lowest BCUT2D eigenvalue weighted by molar-refractivity contribution is -0.161. The van der Waals surface area contributed by atoms with E-state index < -0.39 is 91.5 Å². The van der Waals surface area contributed by atoms with E-state index in [9.17, 15) is 43.5 Å². The Morgan fingerprint density at radius 3 is 0.944 bits per heavy atom. The van der Waals surface area contributed by atoms with Crippen molar-refractivity contribution >= 4 is 33.6 Å². The van der Waals surface area contributed by atoms with Crippen molar-refractivity contribution in [1.29, 1.82) is 0 Å². The van der Waals surface area contributed by atoms with Crippen LogP contribution in [0, 0.1) is 0 Å². The van der Waals surface area contributed by atoms with E-state index in [1.165, 1.54) is 38.5 Å². The van der Waals surface area contributed by atoms with Gasteiger partial charge in [0.2, 0.25) is 0 Å². The van der Waals surface area contributed by atoms with Crippen molar-refractivity contribution in [2.75, 3.05) is 39.6 Å². The molecule has 0 heterocycles. The number of ether oxygens (including phenoxy) is 3. The zero-order valence-electron chi connectivity index (χ0n) is 55.3. The Hall–Kier alpha value is -3.79. The lowest BCUT2D eigenvalue weighted by Crippen LogP contribution is -2.30. The van der Waals surface area contributed by atoms with Gasteiger partial charge in [-0.15, -0.1) is 0 Å². The summed E-state index contributed by atoms with van der Waals surface area (Å²) in [5.74, 6) is -1.62.